The molecule has 2 saturated heterocycles. The van der Waals surface area contributed by atoms with E-state index in [0.717, 1.165) is 42.9 Å². The normalized spacial score (nSPS) is 25.2. The molecule has 2 aliphatic rings. The molecule has 2 fully saturated rings. The second kappa shape index (κ2) is 9.62. The molecule has 1 aromatic rings. The summed E-state index contributed by atoms with van der Waals surface area (Å²) in [6.45, 7) is 6.85. The van der Waals surface area contributed by atoms with Gasteiger partial charge in [0.1, 0.15) is 5.76 Å². The standard InChI is InChI=1S/C15H25N3O4S.C2HF3O2/c1-10-13(11(2)22-16-10)8-18-7-12-5-4-6-21-15(12)14(9-18)17-23(3,19)20;3-2(4,5)1(6)7/h12,14-15,17H,4-9H2,1-3H3;(H,6,7)/t12-,14+,15-;/m0./s1. The van der Waals surface area contributed by atoms with Gasteiger partial charge in [0.05, 0.1) is 24.1 Å². The first kappa shape index (κ1) is 24.6. The molecule has 2 aliphatic heterocycles. The van der Waals surface area contributed by atoms with Crippen LogP contribution in [0.25, 0.3) is 0 Å². The number of carboxylic acids is 1. The number of hydrogen-bond acceptors (Lipinski definition) is 7. The van der Waals surface area contributed by atoms with Gasteiger partial charge in [-0.1, -0.05) is 5.16 Å². The lowest BCUT2D eigenvalue weighted by atomic mass is 9.85. The van der Waals surface area contributed by atoms with Crippen LogP contribution < -0.4 is 4.72 Å². The molecule has 3 heterocycles. The number of aromatic nitrogens is 1. The van der Waals surface area contributed by atoms with E-state index in [2.05, 4.69) is 14.8 Å². The Bertz CT molecular complexity index is 823. The lowest BCUT2D eigenvalue weighted by Crippen LogP contribution is -2.60. The van der Waals surface area contributed by atoms with Crippen LogP contribution in [-0.2, 0) is 26.1 Å². The lowest BCUT2D eigenvalue weighted by molar-refractivity contribution is -0.192. The average molecular weight is 457 g/mol. The summed E-state index contributed by atoms with van der Waals surface area (Å²) in [6, 6.07) is -0.204. The molecule has 3 rings (SSSR count). The fourth-order valence-corrected chi connectivity index (χ4v) is 4.51. The summed E-state index contributed by atoms with van der Waals surface area (Å²) in [5.74, 6) is -1.57. The third-order valence-electron chi connectivity index (χ3n) is 5.01. The van der Waals surface area contributed by atoms with E-state index in [1.807, 2.05) is 13.8 Å². The Morgan fingerprint density at radius 3 is 2.47 bits per heavy atom. The van der Waals surface area contributed by atoms with E-state index >= 15 is 0 Å². The fraction of sp³-hybridized carbons (Fsp3) is 0.765. The predicted molar refractivity (Wildman–Crippen MR) is 99.2 cm³/mol. The van der Waals surface area contributed by atoms with Gasteiger partial charge in [0.2, 0.25) is 10.0 Å². The Labute approximate surface area is 172 Å². The van der Waals surface area contributed by atoms with Gasteiger partial charge in [-0.25, -0.2) is 17.9 Å². The van der Waals surface area contributed by atoms with E-state index < -0.39 is 22.2 Å². The van der Waals surface area contributed by atoms with Crippen LogP contribution in [0.4, 0.5) is 13.2 Å². The van der Waals surface area contributed by atoms with Gasteiger partial charge >= 0.3 is 12.1 Å². The molecule has 172 valence electrons. The van der Waals surface area contributed by atoms with Crippen molar-refractivity contribution in [1.82, 2.24) is 14.8 Å². The molecule has 13 heteroatoms. The van der Waals surface area contributed by atoms with Crippen molar-refractivity contribution in [2.75, 3.05) is 26.0 Å². The number of nitrogens with one attached hydrogen (secondary N) is 1. The van der Waals surface area contributed by atoms with Crippen LogP contribution in [-0.4, -0.2) is 73.8 Å². The molecule has 0 amide bonds. The van der Waals surface area contributed by atoms with E-state index in [4.69, 9.17) is 19.2 Å². The van der Waals surface area contributed by atoms with Crippen molar-refractivity contribution in [3.63, 3.8) is 0 Å². The number of fused-ring (bicyclic) bond motifs is 1. The first-order valence-corrected chi connectivity index (χ1v) is 11.2. The molecule has 0 bridgehead atoms. The first-order chi connectivity index (χ1) is 13.8. The minimum absolute atomic E-state index is 0.0283. The van der Waals surface area contributed by atoms with Crippen molar-refractivity contribution in [2.24, 2.45) is 5.92 Å². The van der Waals surface area contributed by atoms with E-state index in [-0.39, 0.29) is 12.1 Å². The Balaban J connectivity index is 0.000000396. The summed E-state index contributed by atoms with van der Waals surface area (Å²) in [6.07, 6.45) is -1.80. The number of carboxylic acid groups (broad SMARTS) is 1. The van der Waals surface area contributed by atoms with Crippen LogP contribution in [0.15, 0.2) is 4.52 Å². The molecule has 30 heavy (non-hydrogen) atoms. The molecule has 0 saturated carbocycles. The van der Waals surface area contributed by atoms with E-state index in [1.165, 1.54) is 6.26 Å². The van der Waals surface area contributed by atoms with Gasteiger partial charge in [-0.2, -0.15) is 13.2 Å². The molecule has 1 aromatic heterocycles. The Morgan fingerprint density at radius 1 is 1.33 bits per heavy atom. The van der Waals surface area contributed by atoms with Crippen LogP contribution >= 0.6 is 0 Å². The van der Waals surface area contributed by atoms with Crippen molar-refractivity contribution in [1.29, 1.82) is 0 Å². The minimum atomic E-state index is -5.08. The summed E-state index contributed by atoms with van der Waals surface area (Å²) in [5, 5.41) is 11.1. The SMILES string of the molecule is Cc1noc(C)c1CN1C[C@@H]2CCCO[C@@H]2[C@H](NS(C)(=O)=O)C1.O=C(O)C(F)(F)F. The molecule has 0 radical (unpaired) electrons. The summed E-state index contributed by atoms with van der Waals surface area (Å²) >= 11 is 0. The number of carbonyl (C=O) groups is 1. The number of alkyl halides is 3. The van der Waals surface area contributed by atoms with Crippen LogP contribution in [0.3, 0.4) is 0 Å². The van der Waals surface area contributed by atoms with Crippen molar-refractivity contribution in [2.45, 2.75) is 51.6 Å². The lowest BCUT2D eigenvalue weighted by Gasteiger charge is -2.45. The monoisotopic (exact) mass is 457 g/mol. The number of halogens is 3. The summed E-state index contributed by atoms with van der Waals surface area (Å²) in [4.78, 5) is 11.2. The summed E-state index contributed by atoms with van der Waals surface area (Å²) in [5.41, 5.74) is 2.00. The first-order valence-electron chi connectivity index (χ1n) is 9.31. The van der Waals surface area contributed by atoms with Gasteiger partial charge in [-0.15, -0.1) is 0 Å². The zero-order valence-corrected chi connectivity index (χ0v) is 17.7. The van der Waals surface area contributed by atoms with E-state index in [9.17, 15) is 21.6 Å². The van der Waals surface area contributed by atoms with E-state index in [0.29, 0.717) is 19.1 Å². The number of rotatable bonds is 4. The molecule has 0 unspecified atom stereocenters. The van der Waals surface area contributed by atoms with Crippen molar-refractivity contribution < 1.29 is 40.8 Å². The predicted octanol–water partition coefficient (Wildman–Crippen LogP) is 1.45. The highest BCUT2D eigenvalue weighted by atomic mass is 32.2. The Kier molecular flexibility index (Phi) is 7.88. The Hall–Kier alpha value is -1.70. The summed E-state index contributed by atoms with van der Waals surface area (Å²) in [7, 11) is -3.26. The van der Waals surface area contributed by atoms with Gasteiger partial charge in [0, 0.05) is 31.8 Å². The third kappa shape index (κ3) is 6.93. The van der Waals surface area contributed by atoms with Gasteiger partial charge in [-0.3, -0.25) is 4.90 Å². The highest BCUT2D eigenvalue weighted by Crippen LogP contribution is 2.30. The van der Waals surface area contributed by atoms with E-state index in [1.54, 1.807) is 0 Å². The smallest absolute Gasteiger partial charge is 0.475 e. The third-order valence-corrected chi connectivity index (χ3v) is 5.74. The molecule has 9 nitrogen and oxygen atoms in total. The second-order valence-electron chi connectivity index (χ2n) is 7.53. The van der Waals surface area contributed by atoms with Gasteiger partial charge < -0.3 is 14.4 Å². The maximum Gasteiger partial charge on any atom is 0.490 e. The van der Waals surface area contributed by atoms with Crippen molar-refractivity contribution >= 4 is 16.0 Å². The van der Waals surface area contributed by atoms with Crippen LogP contribution in [0, 0.1) is 19.8 Å². The number of hydrogen-bond donors (Lipinski definition) is 2. The fourth-order valence-electron chi connectivity index (χ4n) is 3.75. The van der Waals surface area contributed by atoms with Gasteiger partial charge in [0.15, 0.2) is 0 Å². The quantitative estimate of drug-likeness (QED) is 0.697. The van der Waals surface area contributed by atoms with Crippen molar-refractivity contribution in [3.8, 4) is 0 Å². The summed E-state index contributed by atoms with van der Waals surface area (Å²) < 4.78 is 69.0. The maximum atomic E-state index is 11.7. The van der Waals surface area contributed by atoms with Crippen molar-refractivity contribution in [3.05, 3.63) is 17.0 Å². The number of ether oxygens (including phenoxy) is 1. The Morgan fingerprint density at radius 2 is 1.97 bits per heavy atom. The number of nitrogens with zero attached hydrogens (tertiary/aromatic N) is 2. The highest BCUT2D eigenvalue weighted by Gasteiger charge is 2.40. The molecular weight excluding hydrogens is 431 g/mol. The average Bonchev–Trinajstić information content (AvgIpc) is 2.92. The molecule has 0 spiro atoms. The topological polar surface area (TPSA) is 122 Å². The van der Waals surface area contributed by atoms with Crippen LogP contribution in [0.5, 0.6) is 0 Å². The molecule has 0 aromatic carbocycles. The van der Waals surface area contributed by atoms with Crippen LogP contribution in [0.2, 0.25) is 0 Å². The maximum absolute atomic E-state index is 11.7. The zero-order valence-electron chi connectivity index (χ0n) is 16.9. The number of sulfonamides is 1. The number of likely N-dealkylation sites (tertiary alicyclic amines) is 1. The molecule has 2 N–H and O–H groups in total. The minimum Gasteiger partial charge on any atom is -0.475 e. The number of piperidine rings is 1. The largest absolute Gasteiger partial charge is 0.490 e. The van der Waals surface area contributed by atoms with Crippen LogP contribution in [0.1, 0.15) is 29.9 Å². The number of aryl methyl sites for hydroxylation is 2. The molecule has 3 atom stereocenters. The zero-order chi connectivity index (χ0) is 22.7. The second-order valence-corrected chi connectivity index (χ2v) is 9.31. The van der Waals surface area contributed by atoms with Gasteiger partial charge in [-0.05, 0) is 32.6 Å². The molecular formula is C17H26F3N3O6S. The highest BCUT2D eigenvalue weighted by molar-refractivity contribution is 7.88. The van der Waals surface area contributed by atoms with Gasteiger partial charge in [0.25, 0.3) is 0 Å². The molecule has 0 aliphatic carbocycles. The number of aliphatic carboxylic acids is 1.